The normalized spacial score (nSPS) is 19.5. The van der Waals surface area contributed by atoms with Gasteiger partial charge in [-0.05, 0) is 67.8 Å². The van der Waals surface area contributed by atoms with E-state index >= 15 is 0 Å². The van der Waals surface area contributed by atoms with E-state index in [1.54, 1.807) is 7.11 Å². The van der Waals surface area contributed by atoms with Gasteiger partial charge in [-0.25, -0.2) is 9.97 Å². The minimum atomic E-state index is -4.84. The number of anilines is 1. The number of carboxylic acids is 1. The summed E-state index contributed by atoms with van der Waals surface area (Å²) < 4.78 is 53.6. The average Bonchev–Trinajstić information content (AvgIpc) is 3.50. The number of pyridine rings is 1. The zero-order chi connectivity index (χ0) is 37.2. The molecule has 1 atom stereocenters. The number of methoxy groups -OCH3 is 2. The van der Waals surface area contributed by atoms with Crippen molar-refractivity contribution in [1.29, 1.82) is 0 Å². The van der Waals surface area contributed by atoms with Gasteiger partial charge in [0.15, 0.2) is 11.5 Å². The predicted octanol–water partition coefficient (Wildman–Crippen LogP) is 6.42. The molecule has 276 valence electrons. The number of alkyl halides is 3. The SMILES string of the molecule is COc1nc(-c2cccc(-c3cccc4c3CC[C@@H]4Nc3nc(OC)c(CNCC(=O)O)nc3C(F)(F)F)c2Cl)ccc1CNCC1CC(C)(O)C1. The lowest BCUT2D eigenvalue weighted by Gasteiger charge is -2.41. The maximum absolute atomic E-state index is 14.2. The summed E-state index contributed by atoms with van der Waals surface area (Å²) in [4.78, 5) is 23.6. The molecule has 2 heterocycles. The molecule has 2 aromatic carbocycles. The third kappa shape index (κ3) is 8.10. The van der Waals surface area contributed by atoms with Gasteiger partial charge in [-0.15, -0.1) is 0 Å². The van der Waals surface area contributed by atoms with Crippen LogP contribution in [0.1, 0.15) is 60.3 Å². The van der Waals surface area contributed by atoms with Crippen molar-refractivity contribution in [2.45, 2.75) is 63.5 Å². The molecule has 0 spiro atoms. The smallest absolute Gasteiger partial charge is 0.437 e. The van der Waals surface area contributed by atoms with Crippen molar-refractivity contribution in [3.63, 3.8) is 0 Å². The van der Waals surface area contributed by atoms with Gasteiger partial charge in [0.2, 0.25) is 11.8 Å². The predicted molar refractivity (Wildman–Crippen MR) is 189 cm³/mol. The van der Waals surface area contributed by atoms with Crippen LogP contribution in [0.5, 0.6) is 11.8 Å². The van der Waals surface area contributed by atoms with Crippen molar-refractivity contribution >= 4 is 23.4 Å². The average molecular weight is 741 g/mol. The first-order valence-corrected chi connectivity index (χ1v) is 17.2. The second-order valence-electron chi connectivity index (χ2n) is 13.4. The minimum Gasteiger partial charge on any atom is -0.481 e. The van der Waals surface area contributed by atoms with Crippen LogP contribution in [0.4, 0.5) is 19.0 Å². The van der Waals surface area contributed by atoms with Crippen LogP contribution in [0.2, 0.25) is 5.02 Å². The molecule has 0 saturated heterocycles. The van der Waals surface area contributed by atoms with Crippen molar-refractivity contribution in [2.75, 3.05) is 32.6 Å². The number of halogens is 4. The van der Waals surface area contributed by atoms with E-state index in [9.17, 15) is 23.1 Å². The van der Waals surface area contributed by atoms with Crippen LogP contribution >= 0.6 is 11.6 Å². The number of carboxylic acid groups (broad SMARTS) is 1. The van der Waals surface area contributed by atoms with Crippen LogP contribution in [0.3, 0.4) is 0 Å². The van der Waals surface area contributed by atoms with Crippen molar-refractivity contribution < 1.29 is 37.7 Å². The van der Waals surface area contributed by atoms with Crippen molar-refractivity contribution in [3.8, 4) is 34.1 Å². The number of fused-ring (bicyclic) bond motifs is 1. The van der Waals surface area contributed by atoms with E-state index in [4.69, 9.17) is 31.2 Å². The number of aliphatic carboxylic acids is 1. The minimum absolute atomic E-state index is 0.151. The summed E-state index contributed by atoms with van der Waals surface area (Å²) in [6, 6.07) is 14.7. The van der Waals surface area contributed by atoms with Crippen molar-refractivity contribution in [1.82, 2.24) is 25.6 Å². The molecule has 0 amide bonds. The number of nitrogens with zero attached hydrogens (tertiary/aromatic N) is 3. The number of hydrogen-bond acceptors (Lipinski definition) is 10. The number of rotatable bonds is 14. The van der Waals surface area contributed by atoms with Crippen LogP contribution in [0.25, 0.3) is 22.4 Å². The Morgan fingerprint density at radius 3 is 2.37 bits per heavy atom. The van der Waals surface area contributed by atoms with Crippen LogP contribution in [-0.2, 0) is 30.5 Å². The number of aliphatic hydroxyl groups is 1. The van der Waals surface area contributed by atoms with E-state index in [0.29, 0.717) is 47.5 Å². The Bertz CT molecular complexity index is 1950. The largest absolute Gasteiger partial charge is 0.481 e. The first-order chi connectivity index (χ1) is 24.8. The van der Waals surface area contributed by atoms with Crippen molar-refractivity contribution in [2.24, 2.45) is 5.92 Å². The number of ether oxygens (including phenoxy) is 2. The fraction of sp³-hybridized carbons (Fsp3) is 0.405. The van der Waals surface area contributed by atoms with Crippen LogP contribution < -0.4 is 25.4 Å². The number of benzene rings is 2. The first-order valence-electron chi connectivity index (χ1n) is 16.9. The van der Waals surface area contributed by atoms with Gasteiger partial charge >= 0.3 is 12.1 Å². The molecule has 15 heteroatoms. The highest BCUT2D eigenvalue weighted by atomic mass is 35.5. The molecule has 2 aromatic heterocycles. The number of hydrogen-bond donors (Lipinski definition) is 5. The Hall–Kier alpha value is -4.50. The second-order valence-corrected chi connectivity index (χ2v) is 13.8. The molecule has 52 heavy (non-hydrogen) atoms. The molecular formula is C37H40ClF3N6O5. The van der Waals surface area contributed by atoms with Crippen molar-refractivity contribution in [3.05, 3.63) is 81.6 Å². The molecule has 0 unspecified atom stereocenters. The molecule has 1 fully saturated rings. The molecular weight excluding hydrogens is 701 g/mol. The molecule has 0 aliphatic heterocycles. The van der Waals surface area contributed by atoms with Gasteiger partial charge in [0.25, 0.3) is 0 Å². The van der Waals surface area contributed by atoms with Gasteiger partial charge in [-0.3, -0.25) is 4.79 Å². The lowest BCUT2D eigenvalue weighted by molar-refractivity contribution is -0.141. The van der Waals surface area contributed by atoms with Gasteiger partial charge in [0.1, 0.15) is 5.69 Å². The number of aromatic nitrogens is 3. The molecule has 2 aliphatic carbocycles. The molecule has 4 aromatic rings. The third-order valence-electron chi connectivity index (χ3n) is 9.45. The monoisotopic (exact) mass is 740 g/mol. The fourth-order valence-electron chi connectivity index (χ4n) is 7.15. The molecule has 11 nitrogen and oxygen atoms in total. The third-order valence-corrected chi connectivity index (χ3v) is 9.85. The number of carbonyl (C=O) groups is 1. The van der Waals surface area contributed by atoms with Crippen LogP contribution in [-0.4, -0.2) is 64.0 Å². The fourth-order valence-corrected chi connectivity index (χ4v) is 7.47. The van der Waals surface area contributed by atoms with Gasteiger partial charge in [-0.2, -0.15) is 18.2 Å². The van der Waals surface area contributed by atoms with Crippen LogP contribution in [0.15, 0.2) is 48.5 Å². The summed E-state index contributed by atoms with van der Waals surface area (Å²) in [5, 5.41) is 28.3. The zero-order valence-electron chi connectivity index (χ0n) is 28.9. The Kier molecular flexibility index (Phi) is 10.9. The van der Waals surface area contributed by atoms with Crippen LogP contribution in [0, 0.1) is 5.92 Å². The second kappa shape index (κ2) is 15.2. The van der Waals surface area contributed by atoms with E-state index < -0.39 is 41.8 Å². The maximum atomic E-state index is 14.2. The molecule has 0 radical (unpaired) electrons. The van der Waals surface area contributed by atoms with Gasteiger partial charge in [0.05, 0.1) is 43.1 Å². The lowest BCUT2D eigenvalue weighted by atomic mass is 9.72. The number of nitrogens with one attached hydrogen (secondary N) is 3. The summed E-state index contributed by atoms with van der Waals surface area (Å²) >= 11 is 7.09. The molecule has 6 rings (SSSR count). The summed E-state index contributed by atoms with van der Waals surface area (Å²) in [6.07, 6.45) is -2.23. The maximum Gasteiger partial charge on any atom is 0.437 e. The Labute approximate surface area is 304 Å². The highest BCUT2D eigenvalue weighted by Gasteiger charge is 2.40. The molecule has 2 aliphatic rings. The molecule has 0 bridgehead atoms. The Morgan fingerprint density at radius 1 is 0.962 bits per heavy atom. The quantitative estimate of drug-likeness (QED) is 0.0975. The van der Waals surface area contributed by atoms with E-state index in [2.05, 4.69) is 25.9 Å². The van der Waals surface area contributed by atoms with Gasteiger partial charge in [0, 0.05) is 29.8 Å². The first kappa shape index (κ1) is 37.3. The molecule has 1 saturated carbocycles. The van der Waals surface area contributed by atoms with E-state index in [-0.39, 0.29) is 18.1 Å². The lowest BCUT2D eigenvalue weighted by Crippen LogP contribution is -2.44. The van der Waals surface area contributed by atoms with E-state index in [0.717, 1.165) is 47.2 Å². The molecule has 5 N–H and O–H groups in total. The standard InChI is InChI=1S/C37H40ClF3N6O5/c1-36(50)14-20(15-36)16-42-17-21-10-12-28(46-34(21)51-2)26-9-5-8-25(31(26)38)22-6-4-7-24-23(22)11-13-27(24)45-33-32(37(39,40)41)44-29(35(47-33)52-3)18-43-19-30(48)49/h4-10,12,20,27,42-43,50H,11,13-19H2,1-3H3,(H,45,47)(H,48,49)/t20?,27-,36?/m0/s1. The van der Waals surface area contributed by atoms with E-state index in [1.807, 2.05) is 55.5 Å². The summed E-state index contributed by atoms with van der Waals surface area (Å²) in [7, 11) is 2.83. The highest BCUT2D eigenvalue weighted by molar-refractivity contribution is 6.36. The van der Waals surface area contributed by atoms with Gasteiger partial charge in [-0.1, -0.05) is 54.1 Å². The Morgan fingerprint density at radius 2 is 1.67 bits per heavy atom. The zero-order valence-corrected chi connectivity index (χ0v) is 29.7. The summed E-state index contributed by atoms with van der Waals surface area (Å²) in [6.45, 7) is 2.46. The topological polar surface area (TPSA) is 151 Å². The van der Waals surface area contributed by atoms with E-state index in [1.165, 1.54) is 7.11 Å². The summed E-state index contributed by atoms with van der Waals surface area (Å²) in [5.74, 6) is -0.890. The highest BCUT2D eigenvalue weighted by Crippen LogP contribution is 2.45. The Balaban J connectivity index is 1.24. The van der Waals surface area contributed by atoms with Gasteiger partial charge < -0.3 is 35.6 Å². The summed E-state index contributed by atoms with van der Waals surface area (Å²) in [5.41, 5.74) is 3.64.